The molecule has 286 valence electrons. The van der Waals surface area contributed by atoms with Gasteiger partial charge in [0, 0.05) is 28.6 Å². The topological polar surface area (TPSA) is 33.5 Å². The van der Waals surface area contributed by atoms with Crippen LogP contribution in [0, 0.1) is 0 Å². The molecule has 5 heteroatoms. The number of fused-ring (bicyclic) bond motifs is 2. The van der Waals surface area contributed by atoms with Gasteiger partial charge >= 0.3 is 6.01 Å². The Balaban J connectivity index is 1.06. The highest BCUT2D eigenvalue weighted by Gasteiger charge is 2.29. The van der Waals surface area contributed by atoms with Crippen molar-refractivity contribution >= 4 is 33.8 Å². The number of ether oxygens (including phenoxy) is 1. The number of benzene rings is 8. The van der Waals surface area contributed by atoms with Crippen molar-refractivity contribution in [1.82, 2.24) is 9.55 Å². The lowest BCUT2D eigenvalue weighted by molar-refractivity contribution is 0.437. The zero-order valence-electron chi connectivity index (χ0n) is 33.5. The van der Waals surface area contributed by atoms with Gasteiger partial charge in [-0.3, -0.25) is 4.57 Å². The van der Waals surface area contributed by atoms with Crippen molar-refractivity contribution in [2.75, 3.05) is 16.5 Å². The third-order valence-corrected chi connectivity index (χ3v) is 11.3. The molecule has 0 bridgehead atoms. The molecule has 0 fully saturated rings. The van der Waals surface area contributed by atoms with Crippen LogP contribution in [-0.4, -0.2) is 16.2 Å². The quantitative estimate of drug-likeness (QED) is 0.154. The predicted molar refractivity (Wildman–Crippen MR) is 245 cm³/mol. The van der Waals surface area contributed by atoms with E-state index in [2.05, 4.69) is 223 Å². The number of anilines is 4. The number of aromatic nitrogens is 2. The highest BCUT2D eigenvalue weighted by atomic mass is 16.5. The van der Waals surface area contributed by atoms with Gasteiger partial charge in [0.05, 0.1) is 22.6 Å². The molecule has 1 aromatic heterocycles. The van der Waals surface area contributed by atoms with Gasteiger partial charge in [-0.05, 0) is 81.8 Å². The number of rotatable bonds is 8. The van der Waals surface area contributed by atoms with Gasteiger partial charge in [-0.1, -0.05) is 166 Å². The zero-order valence-corrected chi connectivity index (χ0v) is 33.5. The molecule has 0 N–H and O–H groups in total. The Labute approximate surface area is 346 Å². The normalized spacial score (nSPS) is 12.5. The average Bonchev–Trinajstić information content (AvgIpc) is 3.85. The molecule has 0 amide bonds. The molecule has 2 heterocycles. The summed E-state index contributed by atoms with van der Waals surface area (Å²) in [5.41, 5.74) is 15.5. The molecule has 1 aliphatic heterocycles. The zero-order chi connectivity index (χ0) is 39.9. The lowest BCUT2D eigenvalue weighted by Gasteiger charge is -2.22. The molecule has 10 rings (SSSR count). The molecule has 0 radical (unpaired) electrons. The van der Waals surface area contributed by atoms with E-state index in [-0.39, 0.29) is 5.41 Å². The molecule has 0 unspecified atom stereocenters. The van der Waals surface area contributed by atoms with Crippen LogP contribution in [0.15, 0.2) is 200 Å². The Morgan fingerprint density at radius 1 is 0.458 bits per heavy atom. The van der Waals surface area contributed by atoms with E-state index in [1.807, 2.05) is 12.1 Å². The first kappa shape index (κ1) is 36.0. The van der Waals surface area contributed by atoms with E-state index < -0.39 is 0 Å². The fourth-order valence-electron chi connectivity index (χ4n) is 8.23. The summed E-state index contributed by atoms with van der Waals surface area (Å²) >= 11 is 0. The molecule has 0 saturated heterocycles. The summed E-state index contributed by atoms with van der Waals surface area (Å²) in [6.07, 6.45) is 0. The summed E-state index contributed by atoms with van der Waals surface area (Å²) in [6.45, 7) is 7.42. The minimum atomic E-state index is 0.101. The van der Waals surface area contributed by atoms with Gasteiger partial charge in [0.1, 0.15) is 17.9 Å². The van der Waals surface area contributed by atoms with Gasteiger partial charge in [0.15, 0.2) is 0 Å². The van der Waals surface area contributed by atoms with Gasteiger partial charge in [-0.2, -0.15) is 4.98 Å². The van der Waals surface area contributed by atoms with Gasteiger partial charge in [-0.15, -0.1) is 0 Å². The van der Waals surface area contributed by atoms with E-state index in [1.54, 1.807) is 0 Å². The minimum Gasteiger partial charge on any atom is -0.425 e. The molecule has 1 aliphatic rings. The van der Waals surface area contributed by atoms with Gasteiger partial charge in [-0.25, -0.2) is 0 Å². The van der Waals surface area contributed by atoms with Crippen molar-refractivity contribution in [2.45, 2.75) is 26.2 Å². The molecule has 5 nitrogen and oxygen atoms in total. The molecule has 0 aliphatic carbocycles. The van der Waals surface area contributed by atoms with E-state index in [0.717, 1.165) is 61.7 Å². The molecule has 9 aromatic rings. The van der Waals surface area contributed by atoms with E-state index in [1.165, 1.54) is 16.7 Å². The number of nitrogens with zero attached hydrogens (tertiary/aromatic N) is 4. The molecular weight excluding hydrogens is 721 g/mol. The van der Waals surface area contributed by atoms with E-state index in [4.69, 9.17) is 9.72 Å². The number of hydrogen-bond donors (Lipinski definition) is 0. The first-order valence-corrected chi connectivity index (χ1v) is 20.2. The molecule has 59 heavy (non-hydrogen) atoms. The van der Waals surface area contributed by atoms with Crippen LogP contribution in [0.4, 0.5) is 22.7 Å². The third kappa shape index (κ3) is 6.81. The van der Waals surface area contributed by atoms with Crippen molar-refractivity contribution < 1.29 is 4.74 Å². The second-order valence-corrected chi connectivity index (χ2v) is 16.1. The molecular formula is C54H44N4O. The lowest BCUT2D eigenvalue weighted by atomic mass is 9.86. The Bertz CT molecular complexity index is 2910. The second-order valence-electron chi connectivity index (χ2n) is 16.1. The Morgan fingerprint density at radius 3 is 1.78 bits per heavy atom. The monoisotopic (exact) mass is 764 g/mol. The number of para-hydroxylation sites is 3. The van der Waals surface area contributed by atoms with E-state index in [0.29, 0.717) is 18.4 Å². The van der Waals surface area contributed by atoms with Crippen LogP contribution in [0.1, 0.15) is 26.3 Å². The maximum Gasteiger partial charge on any atom is 0.307 e. The standard InChI is InChI=1S/C54H44N4O/c1-54(2,3)42-32-29-38(30-33-42)41-31-34-49-51(35-41)56(43-21-11-6-12-22-43)37-57(49)44-23-15-24-45(36-44)59-53-55-52-47(40-19-9-5-10-20-40)26-16-28-50(52)58(53)48-27-14-13-25-46(48)39-17-7-4-8-18-39/h4-36H,37H2,1-3H3. The second kappa shape index (κ2) is 14.9. The maximum atomic E-state index is 6.95. The largest absolute Gasteiger partial charge is 0.425 e. The first-order chi connectivity index (χ1) is 28.9. The number of imidazole rings is 1. The van der Waals surface area contributed by atoms with Crippen LogP contribution in [0.25, 0.3) is 50.1 Å². The fourth-order valence-corrected chi connectivity index (χ4v) is 8.23. The van der Waals surface area contributed by atoms with Crippen LogP contribution in [-0.2, 0) is 5.41 Å². The third-order valence-electron chi connectivity index (χ3n) is 11.3. The van der Waals surface area contributed by atoms with Gasteiger partial charge in [0.25, 0.3) is 0 Å². The molecule has 8 aromatic carbocycles. The molecule has 0 saturated carbocycles. The summed E-state index contributed by atoms with van der Waals surface area (Å²) in [5, 5.41) is 0. The van der Waals surface area contributed by atoms with Crippen molar-refractivity contribution in [3.8, 4) is 50.8 Å². The van der Waals surface area contributed by atoms with E-state index in [9.17, 15) is 0 Å². The summed E-state index contributed by atoms with van der Waals surface area (Å²) in [5.74, 6) is 0.702. The summed E-state index contributed by atoms with van der Waals surface area (Å²) < 4.78 is 9.11. The Kier molecular flexibility index (Phi) is 9.06. The Morgan fingerprint density at radius 2 is 1.05 bits per heavy atom. The van der Waals surface area contributed by atoms with E-state index >= 15 is 0 Å². The SMILES string of the molecule is CC(C)(C)c1ccc(-c2ccc3c(c2)N(c2ccccc2)CN3c2cccc(Oc3nc4c(-c5ccccc5)cccc4n3-c3ccccc3-c3ccccc3)c2)cc1. The smallest absolute Gasteiger partial charge is 0.307 e. The van der Waals surface area contributed by atoms with Crippen LogP contribution < -0.4 is 14.5 Å². The van der Waals surface area contributed by atoms with Crippen molar-refractivity contribution in [2.24, 2.45) is 0 Å². The van der Waals surface area contributed by atoms with Crippen LogP contribution >= 0.6 is 0 Å². The Hall–Kier alpha value is -7.37. The molecule has 0 spiro atoms. The van der Waals surface area contributed by atoms with Crippen molar-refractivity contribution in [3.05, 3.63) is 206 Å². The maximum absolute atomic E-state index is 6.95. The first-order valence-electron chi connectivity index (χ1n) is 20.2. The number of hydrogen-bond acceptors (Lipinski definition) is 4. The molecule has 0 atom stereocenters. The fraction of sp³-hybridized carbons (Fsp3) is 0.0926. The minimum absolute atomic E-state index is 0.101. The summed E-state index contributed by atoms with van der Waals surface area (Å²) in [7, 11) is 0. The predicted octanol–water partition coefficient (Wildman–Crippen LogP) is 14.4. The van der Waals surface area contributed by atoms with Gasteiger partial charge in [0.2, 0.25) is 0 Å². The highest BCUT2D eigenvalue weighted by Crippen LogP contribution is 2.47. The van der Waals surface area contributed by atoms with Crippen LogP contribution in [0.3, 0.4) is 0 Å². The van der Waals surface area contributed by atoms with Crippen molar-refractivity contribution in [3.63, 3.8) is 0 Å². The van der Waals surface area contributed by atoms with Crippen LogP contribution in [0.2, 0.25) is 0 Å². The summed E-state index contributed by atoms with van der Waals surface area (Å²) in [6, 6.07) is 71.1. The van der Waals surface area contributed by atoms with Crippen molar-refractivity contribution in [1.29, 1.82) is 0 Å². The highest BCUT2D eigenvalue weighted by molar-refractivity contribution is 5.95. The summed E-state index contributed by atoms with van der Waals surface area (Å²) in [4.78, 5) is 10.0. The van der Waals surface area contributed by atoms with Gasteiger partial charge < -0.3 is 14.5 Å². The van der Waals surface area contributed by atoms with Crippen LogP contribution in [0.5, 0.6) is 11.8 Å². The lowest BCUT2D eigenvalue weighted by Crippen LogP contribution is -2.23. The average molecular weight is 765 g/mol.